The number of rotatable bonds is 7. The summed E-state index contributed by atoms with van der Waals surface area (Å²) in [6.45, 7) is 6.78. The van der Waals surface area contributed by atoms with Crippen molar-refractivity contribution in [3.05, 3.63) is 80.5 Å². The summed E-state index contributed by atoms with van der Waals surface area (Å²) < 4.78 is 39.8. The maximum absolute atomic E-state index is 14.2. The molecule has 2 aromatic carbocycles. The summed E-state index contributed by atoms with van der Waals surface area (Å²) in [6, 6.07) is 9.50. The van der Waals surface area contributed by atoms with E-state index in [0.717, 1.165) is 6.07 Å². The summed E-state index contributed by atoms with van der Waals surface area (Å²) >= 11 is 0. The number of fused-ring (bicyclic) bond motifs is 5. The molecule has 0 spiro atoms. The van der Waals surface area contributed by atoms with E-state index in [4.69, 9.17) is 9.47 Å². The number of H-pyrrole nitrogens is 1. The topological polar surface area (TPSA) is 184 Å². The summed E-state index contributed by atoms with van der Waals surface area (Å²) in [7, 11) is -2.08. The predicted molar refractivity (Wildman–Crippen MR) is 155 cm³/mol. The van der Waals surface area contributed by atoms with Gasteiger partial charge >= 0.3 is 0 Å². The number of piperazine rings is 1. The second-order valence-corrected chi connectivity index (χ2v) is 13.4. The molecule has 1 aliphatic carbocycles. The number of ketones is 1. The van der Waals surface area contributed by atoms with Gasteiger partial charge in [-0.3, -0.25) is 19.7 Å². The van der Waals surface area contributed by atoms with E-state index in [9.17, 15) is 33.2 Å². The van der Waals surface area contributed by atoms with Crippen LogP contribution in [0.4, 0.5) is 5.69 Å². The number of nitrogens with one attached hydrogen (secondary N) is 2. The van der Waals surface area contributed by atoms with Gasteiger partial charge in [0.15, 0.2) is 0 Å². The Morgan fingerprint density at radius 1 is 1.18 bits per heavy atom. The Balaban J connectivity index is 1.45. The van der Waals surface area contributed by atoms with Crippen LogP contribution in [-0.2, 0) is 21.3 Å². The second kappa shape index (κ2) is 10.1. The molecule has 3 heterocycles. The van der Waals surface area contributed by atoms with Crippen LogP contribution in [0, 0.1) is 17.0 Å². The van der Waals surface area contributed by atoms with Crippen molar-refractivity contribution < 1.29 is 37.5 Å². The van der Waals surface area contributed by atoms with Crippen LogP contribution in [0.15, 0.2) is 47.5 Å². The fourth-order valence-electron chi connectivity index (χ4n) is 6.13. The van der Waals surface area contributed by atoms with Gasteiger partial charge in [-0.15, -0.1) is 0 Å². The lowest BCUT2D eigenvalue weighted by atomic mass is 9.82. The van der Waals surface area contributed by atoms with Gasteiger partial charge < -0.3 is 29.8 Å². The molecule has 1 aromatic heterocycles. The Kier molecular flexibility index (Phi) is 6.84. The van der Waals surface area contributed by atoms with E-state index < -0.39 is 49.2 Å². The average molecular weight is 626 g/mol. The number of carbonyl (C=O) groups is 2. The molecule has 0 saturated carbocycles. The highest BCUT2D eigenvalue weighted by atomic mass is 32.2. The van der Waals surface area contributed by atoms with Crippen molar-refractivity contribution >= 4 is 27.4 Å². The molecule has 1 amide bonds. The normalized spacial score (nSPS) is 23.2. The van der Waals surface area contributed by atoms with Gasteiger partial charge in [0.1, 0.15) is 27.8 Å². The third-order valence-corrected chi connectivity index (χ3v) is 10.1. The number of nitro benzene ring substituents is 1. The van der Waals surface area contributed by atoms with E-state index in [2.05, 4.69) is 10.3 Å². The standard InChI is InChI=1S/C29H31N5O9S/c1-16(2)42-18-8-9-20-22(15-18)43-29(37)24-19(6-5-7-21(24)34(38)39)26(35)28(20,29)31-27(36)25-17(3)14-23(30-25)44(40,41)33-12-10-32(4)11-13-33/h5-9,14-16,30,37H,10-13H2,1-4H3,(H,31,36). The first-order chi connectivity index (χ1) is 20.7. The molecule has 2 unspecified atom stereocenters. The van der Waals surface area contributed by atoms with Crippen LogP contribution < -0.4 is 14.8 Å². The molecule has 0 radical (unpaired) electrons. The van der Waals surface area contributed by atoms with Crippen molar-refractivity contribution in [1.29, 1.82) is 0 Å². The monoisotopic (exact) mass is 625 g/mol. The number of hydrogen-bond acceptors (Lipinski definition) is 10. The molecule has 14 nitrogen and oxygen atoms in total. The first-order valence-electron chi connectivity index (χ1n) is 14.0. The maximum atomic E-state index is 14.2. The van der Waals surface area contributed by atoms with Gasteiger partial charge in [-0.05, 0) is 51.6 Å². The molecule has 3 aliphatic rings. The van der Waals surface area contributed by atoms with Gasteiger partial charge in [0.2, 0.25) is 11.3 Å². The highest BCUT2D eigenvalue weighted by molar-refractivity contribution is 7.89. The summed E-state index contributed by atoms with van der Waals surface area (Å²) in [4.78, 5) is 44.2. The first-order valence-corrected chi connectivity index (χ1v) is 15.4. The van der Waals surface area contributed by atoms with Crippen LogP contribution in [0.1, 0.15) is 51.4 Å². The van der Waals surface area contributed by atoms with Crippen molar-refractivity contribution in [2.24, 2.45) is 0 Å². The van der Waals surface area contributed by atoms with E-state index in [1.165, 1.54) is 47.6 Å². The third kappa shape index (κ3) is 4.22. The molecule has 15 heteroatoms. The molecular weight excluding hydrogens is 594 g/mol. The molecule has 1 saturated heterocycles. The largest absolute Gasteiger partial charge is 0.491 e. The zero-order valence-corrected chi connectivity index (χ0v) is 25.2. The molecule has 3 N–H and O–H groups in total. The van der Waals surface area contributed by atoms with Crippen LogP contribution in [0.2, 0.25) is 0 Å². The maximum Gasteiger partial charge on any atom is 0.280 e. The number of Topliss-reactive ketones (excluding diaryl/α,β-unsaturated/α-hetero) is 1. The van der Waals surface area contributed by atoms with Crippen molar-refractivity contribution in [2.45, 2.75) is 43.2 Å². The van der Waals surface area contributed by atoms with Crippen molar-refractivity contribution in [3.63, 3.8) is 0 Å². The minimum Gasteiger partial charge on any atom is -0.491 e. The van der Waals surface area contributed by atoms with Gasteiger partial charge in [0, 0.05) is 49.4 Å². The van der Waals surface area contributed by atoms with E-state index in [-0.39, 0.29) is 52.4 Å². The molecule has 1 fully saturated rings. The molecular formula is C29H31N5O9S. The quantitative estimate of drug-likeness (QED) is 0.259. The minimum atomic E-state index is -3.97. The summed E-state index contributed by atoms with van der Waals surface area (Å²) in [5, 5.41) is 26.6. The summed E-state index contributed by atoms with van der Waals surface area (Å²) in [5.74, 6) is -4.16. The Morgan fingerprint density at radius 3 is 2.55 bits per heavy atom. The molecule has 6 rings (SSSR count). The van der Waals surface area contributed by atoms with Gasteiger partial charge in [-0.2, -0.15) is 4.31 Å². The Morgan fingerprint density at radius 2 is 1.89 bits per heavy atom. The minimum absolute atomic E-state index is 0.0235. The number of benzene rings is 2. The fraction of sp³-hybridized carbons (Fsp3) is 0.379. The second-order valence-electron chi connectivity index (χ2n) is 11.5. The van der Waals surface area contributed by atoms with Crippen LogP contribution in [0.3, 0.4) is 0 Å². The molecule has 0 bridgehead atoms. The van der Waals surface area contributed by atoms with Crippen molar-refractivity contribution in [3.8, 4) is 11.5 Å². The lowest BCUT2D eigenvalue weighted by Crippen LogP contribution is -2.60. The fourth-order valence-corrected chi connectivity index (χ4v) is 7.60. The lowest BCUT2D eigenvalue weighted by Gasteiger charge is -2.34. The number of aryl methyl sites for hydroxylation is 1. The lowest BCUT2D eigenvalue weighted by molar-refractivity contribution is -0.388. The van der Waals surface area contributed by atoms with Gasteiger partial charge in [0.05, 0.1) is 11.0 Å². The predicted octanol–water partition coefficient (Wildman–Crippen LogP) is 2.01. The SMILES string of the molecule is Cc1cc(S(=O)(=O)N2CCN(C)CC2)[nH]c1C(=O)NC12C(=O)c3cccc([N+](=O)[O-])c3C1(O)Oc1cc(OC(C)C)ccc12. The number of nitro groups is 1. The number of hydrogen-bond donors (Lipinski definition) is 3. The van der Waals surface area contributed by atoms with Gasteiger partial charge in [-0.1, -0.05) is 12.1 Å². The molecule has 232 valence electrons. The molecule has 3 aromatic rings. The number of aromatic nitrogens is 1. The van der Waals surface area contributed by atoms with E-state index in [1.807, 2.05) is 11.9 Å². The zero-order valence-electron chi connectivity index (χ0n) is 24.4. The number of sulfonamides is 1. The van der Waals surface area contributed by atoms with Crippen LogP contribution >= 0.6 is 0 Å². The number of likely N-dealkylation sites (N-methyl/N-ethyl adjacent to an activating group) is 1. The highest BCUT2D eigenvalue weighted by Gasteiger charge is 2.73. The Bertz CT molecular complexity index is 1830. The molecule has 2 atom stereocenters. The van der Waals surface area contributed by atoms with Crippen LogP contribution in [-0.4, -0.2) is 83.7 Å². The Hall–Kier alpha value is -4.31. The summed E-state index contributed by atoms with van der Waals surface area (Å²) in [5.41, 5.74) is -3.37. The number of amides is 1. The zero-order chi connectivity index (χ0) is 31.8. The van der Waals surface area contributed by atoms with E-state index >= 15 is 0 Å². The average Bonchev–Trinajstić information content (AvgIpc) is 3.53. The number of nitrogens with zero attached hydrogens (tertiary/aromatic N) is 3. The van der Waals surface area contributed by atoms with Crippen molar-refractivity contribution in [1.82, 2.24) is 19.5 Å². The van der Waals surface area contributed by atoms with Crippen LogP contribution in [0.5, 0.6) is 11.5 Å². The Labute approximate surface area is 252 Å². The smallest absolute Gasteiger partial charge is 0.280 e. The van der Waals surface area contributed by atoms with E-state index in [1.54, 1.807) is 13.8 Å². The number of aromatic amines is 1. The first kappa shape index (κ1) is 29.7. The van der Waals surface area contributed by atoms with E-state index in [0.29, 0.717) is 18.8 Å². The molecule has 2 aliphatic heterocycles. The number of carbonyl (C=O) groups excluding carboxylic acids is 2. The van der Waals surface area contributed by atoms with Crippen LogP contribution in [0.25, 0.3) is 0 Å². The highest BCUT2D eigenvalue weighted by Crippen LogP contribution is 2.60. The number of ether oxygens (including phenoxy) is 2. The third-order valence-electron chi connectivity index (χ3n) is 8.26. The molecule has 44 heavy (non-hydrogen) atoms. The summed E-state index contributed by atoms with van der Waals surface area (Å²) in [6.07, 6.45) is -0.221. The van der Waals surface area contributed by atoms with Gasteiger partial charge in [-0.25, -0.2) is 8.42 Å². The van der Waals surface area contributed by atoms with Gasteiger partial charge in [0.25, 0.3) is 27.4 Å². The number of aliphatic hydroxyl groups is 1. The van der Waals surface area contributed by atoms with Crippen molar-refractivity contribution in [2.75, 3.05) is 33.2 Å².